The van der Waals surface area contributed by atoms with Crippen molar-refractivity contribution in [1.29, 1.82) is 0 Å². The summed E-state index contributed by atoms with van der Waals surface area (Å²) in [6, 6.07) is 13.2. The van der Waals surface area contributed by atoms with Gasteiger partial charge >= 0.3 is 0 Å². The highest BCUT2D eigenvalue weighted by molar-refractivity contribution is 6.05. The summed E-state index contributed by atoms with van der Waals surface area (Å²) in [6.45, 7) is 0. The van der Waals surface area contributed by atoms with Crippen LogP contribution in [0.1, 0.15) is 11.7 Å². The summed E-state index contributed by atoms with van der Waals surface area (Å²) in [5.74, 6) is -0.174. The van der Waals surface area contributed by atoms with Gasteiger partial charge in [0.15, 0.2) is 12.1 Å². The van der Waals surface area contributed by atoms with Crippen LogP contribution in [0, 0.1) is 0 Å². The molecule has 0 radical (unpaired) electrons. The molecule has 4 heteroatoms. The third-order valence-corrected chi connectivity index (χ3v) is 3.66. The fourth-order valence-corrected chi connectivity index (χ4v) is 2.67. The maximum Gasteiger partial charge on any atom is 0.188 e. The van der Waals surface area contributed by atoms with E-state index in [1.165, 1.54) is 12.2 Å². The van der Waals surface area contributed by atoms with Gasteiger partial charge in [0.1, 0.15) is 17.3 Å². The maximum absolute atomic E-state index is 11.9. The highest BCUT2D eigenvalue weighted by Gasteiger charge is 2.26. The number of aliphatic hydroxyl groups is 1. The van der Waals surface area contributed by atoms with Crippen molar-refractivity contribution in [2.24, 2.45) is 0 Å². The summed E-state index contributed by atoms with van der Waals surface area (Å²) in [4.78, 5) is 11.9. The molecule has 1 aliphatic rings. The normalized spacial score (nSPS) is 22.2. The number of ketones is 1. The van der Waals surface area contributed by atoms with E-state index in [9.17, 15) is 9.90 Å². The molecule has 0 saturated heterocycles. The largest absolute Gasteiger partial charge is 0.456 e. The minimum atomic E-state index is -1.05. The number of para-hydroxylation sites is 1. The maximum atomic E-state index is 11.9. The molecular formula is C17H12O4. The second-order valence-corrected chi connectivity index (χ2v) is 5.02. The standard InChI is InChI=1S/C17H12O4/c18-13-6-8-16(19)21-17(13)10-5-7-15-12(9-10)11-3-1-2-4-14(11)20-15/h1-9,16-17,19H/t16-,17-/m1/s1. The molecule has 2 aromatic carbocycles. The Bertz CT molecular complexity index is 875. The van der Waals surface area contributed by atoms with E-state index in [0.29, 0.717) is 5.56 Å². The van der Waals surface area contributed by atoms with Crippen molar-refractivity contribution in [3.63, 3.8) is 0 Å². The van der Waals surface area contributed by atoms with Crippen molar-refractivity contribution in [3.8, 4) is 0 Å². The van der Waals surface area contributed by atoms with E-state index in [-0.39, 0.29) is 5.78 Å². The molecule has 21 heavy (non-hydrogen) atoms. The predicted molar refractivity (Wildman–Crippen MR) is 77.7 cm³/mol. The SMILES string of the molecule is O=C1C=C[C@H](O)O[C@@H]1c1ccc2oc3ccccc3c2c1. The molecule has 0 amide bonds. The molecule has 4 nitrogen and oxygen atoms in total. The number of fused-ring (bicyclic) bond motifs is 3. The zero-order valence-corrected chi connectivity index (χ0v) is 11.0. The van der Waals surface area contributed by atoms with E-state index in [1.54, 1.807) is 6.07 Å². The molecular weight excluding hydrogens is 268 g/mol. The van der Waals surface area contributed by atoms with Gasteiger partial charge in [0, 0.05) is 10.8 Å². The molecule has 1 aromatic heterocycles. The van der Waals surface area contributed by atoms with Gasteiger partial charge in [-0.25, -0.2) is 0 Å². The smallest absolute Gasteiger partial charge is 0.188 e. The lowest BCUT2D eigenvalue weighted by Crippen LogP contribution is -2.24. The number of benzene rings is 2. The number of carbonyl (C=O) groups excluding carboxylic acids is 1. The number of aliphatic hydroxyl groups excluding tert-OH is 1. The van der Waals surface area contributed by atoms with Crippen molar-refractivity contribution in [2.45, 2.75) is 12.4 Å². The summed E-state index contributed by atoms with van der Waals surface area (Å²) < 4.78 is 11.1. The molecule has 1 aliphatic heterocycles. The fraction of sp³-hybridized carbons (Fsp3) is 0.118. The van der Waals surface area contributed by atoms with E-state index in [1.807, 2.05) is 36.4 Å². The Kier molecular flexibility index (Phi) is 2.67. The minimum absolute atomic E-state index is 0.174. The molecule has 0 unspecified atom stereocenters. The Balaban J connectivity index is 1.88. The first-order valence-corrected chi connectivity index (χ1v) is 6.69. The van der Waals surface area contributed by atoms with E-state index in [4.69, 9.17) is 9.15 Å². The topological polar surface area (TPSA) is 59.7 Å². The molecule has 3 aromatic rings. The summed E-state index contributed by atoms with van der Waals surface area (Å²) in [5.41, 5.74) is 2.28. The summed E-state index contributed by atoms with van der Waals surface area (Å²) in [5, 5.41) is 11.5. The van der Waals surface area contributed by atoms with Crippen LogP contribution in [-0.4, -0.2) is 17.2 Å². The van der Waals surface area contributed by atoms with Crippen molar-refractivity contribution < 1.29 is 19.1 Å². The first-order valence-electron chi connectivity index (χ1n) is 6.69. The molecule has 1 N–H and O–H groups in total. The first-order chi connectivity index (χ1) is 10.2. The van der Waals surface area contributed by atoms with Gasteiger partial charge in [0.2, 0.25) is 0 Å². The highest BCUT2D eigenvalue weighted by atomic mass is 16.6. The minimum Gasteiger partial charge on any atom is -0.456 e. The van der Waals surface area contributed by atoms with Gasteiger partial charge in [-0.1, -0.05) is 24.3 Å². The van der Waals surface area contributed by atoms with Gasteiger partial charge in [-0.05, 0) is 35.9 Å². The Labute approximate surface area is 120 Å². The Morgan fingerprint density at radius 3 is 2.71 bits per heavy atom. The molecule has 2 heterocycles. The van der Waals surface area contributed by atoms with Crippen molar-refractivity contribution in [3.05, 3.63) is 60.2 Å². The predicted octanol–water partition coefficient (Wildman–Crippen LogP) is 3.10. The van der Waals surface area contributed by atoms with Crippen molar-refractivity contribution in [1.82, 2.24) is 0 Å². The lowest BCUT2D eigenvalue weighted by Gasteiger charge is -2.21. The van der Waals surface area contributed by atoms with Crippen LogP contribution >= 0.6 is 0 Å². The molecule has 104 valence electrons. The van der Waals surface area contributed by atoms with Gasteiger partial charge in [-0.2, -0.15) is 0 Å². The van der Waals surface area contributed by atoms with E-state index < -0.39 is 12.4 Å². The molecule has 2 atom stereocenters. The van der Waals surface area contributed by atoms with Gasteiger partial charge < -0.3 is 14.3 Å². The lowest BCUT2D eigenvalue weighted by molar-refractivity contribution is -0.149. The molecule has 4 rings (SSSR count). The Hall–Kier alpha value is -2.43. The summed E-state index contributed by atoms with van der Waals surface area (Å²) >= 11 is 0. The third kappa shape index (κ3) is 1.96. The van der Waals surface area contributed by atoms with E-state index in [0.717, 1.165) is 21.9 Å². The first kappa shape index (κ1) is 12.3. The number of carbonyl (C=O) groups is 1. The number of rotatable bonds is 1. The monoisotopic (exact) mass is 280 g/mol. The van der Waals surface area contributed by atoms with Crippen LogP contribution in [0.25, 0.3) is 21.9 Å². The van der Waals surface area contributed by atoms with Crippen molar-refractivity contribution in [2.75, 3.05) is 0 Å². The molecule has 0 saturated carbocycles. The zero-order valence-electron chi connectivity index (χ0n) is 11.0. The fourth-order valence-electron chi connectivity index (χ4n) is 2.67. The van der Waals surface area contributed by atoms with Gasteiger partial charge in [-0.15, -0.1) is 0 Å². The van der Waals surface area contributed by atoms with Gasteiger partial charge in [-0.3, -0.25) is 4.79 Å². The van der Waals surface area contributed by atoms with Crippen LogP contribution in [0.5, 0.6) is 0 Å². The lowest BCUT2D eigenvalue weighted by atomic mass is 10.0. The number of furan rings is 1. The van der Waals surface area contributed by atoms with Gasteiger partial charge in [0.05, 0.1) is 0 Å². The summed E-state index contributed by atoms with van der Waals surface area (Å²) in [6.07, 6.45) is 0.869. The molecule has 0 aliphatic carbocycles. The Morgan fingerprint density at radius 2 is 1.81 bits per heavy atom. The quantitative estimate of drug-likeness (QED) is 0.744. The van der Waals surface area contributed by atoms with Crippen LogP contribution < -0.4 is 0 Å². The second-order valence-electron chi connectivity index (χ2n) is 5.02. The highest BCUT2D eigenvalue weighted by Crippen LogP contribution is 2.32. The van der Waals surface area contributed by atoms with Crippen LogP contribution in [-0.2, 0) is 9.53 Å². The molecule has 0 spiro atoms. The number of hydrogen-bond donors (Lipinski definition) is 1. The van der Waals surface area contributed by atoms with Crippen LogP contribution in [0.3, 0.4) is 0 Å². The second kappa shape index (κ2) is 4.55. The molecule has 0 fully saturated rings. The van der Waals surface area contributed by atoms with Crippen LogP contribution in [0.2, 0.25) is 0 Å². The number of ether oxygens (including phenoxy) is 1. The van der Waals surface area contributed by atoms with Crippen molar-refractivity contribution >= 4 is 27.7 Å². The van der Waals surface area contributed by atoms with Crippen LogP contribution in [0.15, 0.2) is 59.0 Å². The van der Waals surface area contributed by atoms with E-state index >= 15 is 0 Å². The number of hydrogen-bond acceptors (Lipinski definition) is 4. The third-order valence-electron chi connectivity index (χ3n) is 3.66. The summed E-state index contributed by atoms with van der Waals surface area (Å²) in [7, 11) is 0. The average Bonchev–Trinajstić information content (AvgIpc) is 2.87. The van der Waals surface area contributed by atoms with E-state index in [2.05, 4.69) is 0 Å². The molecule has 0 bridgehead atoms. The van der Waals surface area contributed by atoms with Gasteiger partial charge in [0.25, 0.3) is 0 Å². The average molecular weight is 280 g/mol. The van der Waals surface area contributed by atoms with Crippen LogP contribution in [0.4, 0.5) is 0 Å². The zero-order chi connectivity index (χ0) is 14.4. The Morgan fingerprint density at radius 1 is 1.00 bits per heavy atom.